The van der Waals surface area contributed by atoms with E-state index in [9.17, 15) is 0 Å². The molecule has 0 spiro atoms. The molecular formula is C25H34O2. The molecule has 0 amide bonds. The zero-order valence-electron chi connectivity index (χ0n) is 17.5. The summed E-state index contributed by atoms with van der Waals surface area (Å²) in [5.41, 5.74) is 8.66. The SMILES string of the molecule is CCC.COc1cc2c(c(-c3cccc4c3CCCC4)c1OC)CCCC2. The molecule has 0 bridgehead atoms. The highest BCUT2D eigenvalue weighted by Crippen LogP contribution is 2.47. The molecule has 27 heavy (non-hydrogen) atoms. The van der Waals surface area contributed by atoms with Crippen LogP contribution in [0.15, 0.2) is 24.3 Å². The van der Waals surface area contributed by atoms with E-state index in [1.807, 2.05) is 0 Å². The lowest BCUT2D eigenvalue weighted by molar-refractivity contribution is 0.355. The second-order valence-electron chi connectivity index (χ2n) is 7.69. The summed E-state index contributed by atoms with van der Waals surface area (Å²) in [5, 5.41) is 0. The van der Waals surface area contributed by atoms with Gasteiger partial charge < -0.3 is 9.47 Å². The topological polar surface area (TPSA) is 18.5 Å². The Morgan fingerprint density at radius 1 is 0.778 bits per heavy atom. The molecular weight excluding hydrogens is 332 g/mol. The van der Waals surface area contributed by atoms with E-state index in [0.29, 0.717) is 0 Å². The molecule has 0 heterocycles. The van der Waals surface area contributed by atoms with Crippen LogP contribution in [0.1, 0.15) is 68.2 Å². The van der Waals surface area contributed by atoms with Crippen molar-refractivity contribution in [3.05, 3.63) is 46.5 Å². The fraction of sp³-hybridized carbons (Fsp3) is 0.520. The van der Waals surface area contributed by atoms with Gasteiger partial charge in [-0.3, -0.25) is 0 Å². The monoisotopic (exact) mass is 366 g/mol. The summed E-state index contributed by atoms with van der Waals surface area (Å²) in [5.74, 6) is 1.79. The largest absolute Gasteiger partial charge is 0.493 e. The van der Waals surface area contributed by atoms with Crippen LogP contribution >= 0.6 is 0 Å². The molecule has 0 radical (unpaired) electrons. The van der Waals surface area contributed by atoms with Gasteiger partial charge >= 0.3 is 0 Å². The number of hydrogen-bond donors (Lipinski definition) is 0. The Morgan fingerprint density at radius 3 is 2.07 bits per heavy atom. The summed E-state index contributed by atoms with van der Waals surface area (Å²) < 4.78 is 11.5. The molecule has 0 N–H and O–H groups in total. The summed E-state index contributed by atoms with van der Waals surface area (Å²) >= 11 is 0. The average molecular weight is 367 g/mol. The van der Waals surface area contributed by atoms with Crippen LogP contribution in [0, 0.1) is 0 Å². The van der Waals surface area contributed by atoms with E-state index in [4.69, 9.17) is 9.47 Å². The van der Waals surface area contributed by atoms with Crippen molar-refractivity contribution < 1.29 is 9.47 Å². The second-order valence-corrected chi connectivity index (χ2v) is 7.69. The number of ether oxygens (including phenoxy) is 2. The number of benzene rings is 2. The van der Waals surface area contributed by atoms with E-state index in [1.54, 1.807) is 14.2 Å². The Labute approximate surface area is 164 Å². The van der Waals surface area contributed by atoms with Crippen molar-refractivity contribution in [2.24, 2.45) is 0 Å². The smallest absolute Gasteiger partial charge is 0.168 e. The molecule has 0 saturated carbocycles. The van der Waals surface area contributed by atoms with Crippen molar-refractivity contribution in [2.45, 2.75) is 71.6 Å². The van der Waals surface area contributed by atoms with Crippen LogP contribution < -0.4 is 9.47 Å². The zero-order valence-corrected chi connectivity index (χ0v) is 17.5. The van der Waals surface area contributed by atoms with Gasteiger partial charge in [0.25, 0.3) is 0 Å². The van der Waals surface area contributed by atoms with Crippen LogP contribution in [-0.2, 0) is 25.7 Å². The Hall–Kier alpha value is -1.96. The molecule has 2 aromatic carbocycles. The Kier molecular flexibility index (Phi) is 6.82. The van der Waals surface area contributed by atoms with E-state index >= 15 is 0 Å². The minimum atomic E-state index is 0.876. The van der Waals surface area contributed by atoms with Crippen LogP contribution in [0.4, 0.5) is 0 Å². The van der Waals surface area contributed by atoms with Gasteiger partial charge in [-0.15, -0.1) is 0 Å². The Bertz CT molecular complexity index is 762. The van der Waals surface area contributed by atoms with Crippen LogP contribution in [0.25, 0.3) is 11.1 Å². The van der Waals surface area contributed by atoms with Crippen molar-refractivity contribution in [3.8, 4) is 22.6 Å². The number of hydrogen-bond acceptors (Lipinski definition) is 2. The van der Waals surface area contributed by atoms with Crippen molar-refractivity contribution in [1.29, 1.82) is 0 Å². The fourth-order valence-electron chi connectivity index (χ4n) is 4.51. The van der Waals surface area contributed by atoms with Gasteiger partial charge in [0, 0.05) is 5.56 Å². The van der Waals surface area contributed by atoms with E-state index in [-0.39, 0.29) is 0 Å². The number of fused-ring (bicyclic) bond motifs is 2. The molecule has 0 aromatic heterocycles. The van der Waals surface area contributed by atoms with Gasteiger partial charge in [0.15, 0.2) is 11.5 Å². The number of aryl methyl sites for hydroxylation is 2. The summed E-state index contributed by atoms with van der Waals surface area (Å²) in [6.45, 7) is 4.25. The van der Waals surface area contributed by atoms with Crippen molar-refractivity contribution >= 4 is 0 Å². The van der Waals surface area contributed by atoms with Gasteiger partial charge in [-0.1, -0.05) is 38.5 Å². The van der Waals surface area contributed by atoms with Gasteiger partial charge in [0.05, 0.1) is 14.2 Å². The van der Waals surface area contributed by atoms with E-state index in [0.717, 1.165) is 24.3 Å². The maximum atomic E-state index is 5.85. The van der Waals surface area contributed by atoms with Gasteiger partial charge in [-0.05, 0) is 85.3 Å². The predicted molar refractivity (Wildman–Crippen MR) is 114 cm³/mol. The Balaban J connectivity index is 0.000000659. The number of rotatable bonds is 3. The minimum absolute atomic E-state index is 0.876. The molecule has 2 aromatic rings. The van der Waals surface area contributed by atoms with E-state index < -0.39 is 0 Å². The lowest BCUT2D eigenvalue weighted by Gasteiger charge is -2.27. The van der Waals surface area contributed by atoms with Gasteiger partial charge in [0.1, 0.15) is 0 Å². The van der Waals surface area contributed by atoms with Crippen molar-refractivity contribution in [2.75, 3.05) is 14.2 Å². The van der Waals surface area contributed by atoms with E-state index in [2.05, 4.69) is 38.1 Å². The predicted octanol–water partition coefficient (Wildman–Crippen LogP) is 6.54. The van der Waals surface area contributed by atoms with Crippen LogP contribution in [0.3, 0.4) is 0 Å². The summed E-state index contributed by atoms with van der Waals surface area (Å²) in [6.07, 6.45) is 11.1. The third kappa shape index (κ3) is 4.00. The molecule has 0 atom stereocenters. The van der Waals surface area contributed by atoms with Gasteiger partial charge in [-0.2, -0.15) is 0 Å². The first-order valence-corrected chi connectivity index (χ1v) is 10.6. The molecule has 2 aliphatic rings. The van der Waals surface area contributed by atoms with E-state index in [1.165, 1.54) is 78.3 Å². The summed E-state index contributed by atoms with van der Waals surface area (Å²) in [4.78, 5) is 0. The number of methoxy groups -OCH3 is 2. The summed E-state index contributed by atoms with van der Waals surface area (Å²) in [7, 11) is 3.52. The molecule has 4 rings (SSSR count). The maximum Gasteiger partial charge on any atom is 0.168 e. The van der Waals surface area contributed by atoms with Crippen LogP contribution in [-0.4, -0.2) is 14.2 Å². The third-order valence-electron chi connectivity index (χ3n) is 5.66. The van der Waals surface area contributed by atoms with Crippen molar-refractivity contribution in [1.82, 2.24) is 0 Å². The quantitative estimate of drug-likeness (QED) is 0.613. The first-order chi connectivity index (χ1) is 13.2. The first-order valence-electron chi connectivity index (χ1n) is 10.6. The van der Waals surface area contributed by atoms with Gasteiger partial charge in [0.2, 0.25) is 0 Å². The minimum Gasteiger partial charge on any atom is -0.493 e. The lowest BCUT2D eigenvalue weighted by atomic mass is 9.80. The molecule has 146 valence electrons. The summed E-state index contributed by atoms with van der Waals surface area (Å²) in [6, 6.07) is 9.01. The van der Waals surface area contributed by atoms with Crippen LogP contribution in [0.2, 0.25) is 0 Å². The van der Waals surface area contributed by atoms with Crippen LogP contribution in [0.5, 0.6) is 11.5 Å². The maximum absolute atomic E-state index is 5.85. The standard InChI is InChI=1S/C22H26O2.C3H8/c1-23-20-14-16-9-4-6-12-18(16)21(22(20)24-2)19-13-7-10-15-8-3-5-11-17(15)19;1-3-2/h7,10,13-14H,3-6,8-9,11-12H2,1-2H3;3H2,1-2H3. The highest BCUT2D eigenvalue weighted by atomic mass is 16.5. The molecule has 2 aliphatic carbocycles. The molecule has 0 aliphatic heterocycles. The first kappa shape index (κ1) is 19.8. The average Bonchev–Trinajstić information content (AvgIpc) is 2.72. The molecule has 0 saturated heterocycles. The highest BCUT2D eigenvalue weighted by molar-refractivity contribution is 5.82. The zero-order chi connectivity index (χ0) is 19.2. The molecule has 2 nitrogen and oxygen atoms in total. The molecule has 2 heteroatoms. The third-order valence-corrected chi connectivity index (χ3v) is 5.66. The van der Waals surface area contributed by atoms with Crippen molar-refractivity contribution in [3.63, 3.8) is 0 Å². The molecule has 0 unspecified atom stereocenters. The van der Waals surface area contributed by atoms with Gasteiger partial charge in [-0.25, -0.2) is 0 Å². The second kappa shape index (κ2) is 9.30. The highest BCUT2D eigenvalue weighted by Gasteiger charge is 2.25. The lowest BCUT2D eigenvalue weighted by Crippen LogP contribution is -2.10. The Morgan fingerprint density at radius 2 is 1.41 bits per heavy atom. The normalized spacial score (nSPS) is 15.1. The fourth-order valence-corrected chi connectivity index (χ4v) is 4.51. The molecule has 0 fully saturated rings.